The van der Waals surface area contributed by atoms with Crippen LogP contribution in [0.25, 0.3) is 17.0 Å². The van der Waals surface area contributed by atoms with Crippen LogP contribution in [-0.2, 0) is 0 Å². The molecule has 0 aliphatic heterocycles. The molecule has 1 saturated carbocycles. The third-order valence-corrected chi connectivity index (χ3v) is 3.48. The fourth-order valence-corrected chi connectivity index (χ4v) is 2.58. The van der Waals surface area contributed by atoms with E-state index in [-0.39, 0.29) is 0 Å². The second kappa shape index (κ2) is 4.17. The predicted octanol–water partition coefficient (Wildman–Crippen LogP) is 4.52. The van der Waals surface area contributed by atoms with Crippen molar-refractivity contribution in [3.8, 4) is 0 Å². The Labute approximate surface area is 96.2 Å². The van der Waals surface area contributed by atoms with Gasteiger partial charge in [-0.1, -0.05) is 36.3 Å². The Kier molecular flexibility index (Phi) is 2.53. The maximum atomic E-state index is 3.33. The highest BCUT2D eigenvalue weighted by Crippen LogP contribution is 2.27. The number of para-hydroxylation sites is 1. The summed E-state index contributed by atoms with van der Waals surface area (Å²) in [5, 5.41) is 1.35. The van der Waals surface area contributed by atoms with Gasteiger partial charge < -0.3 is 4.98 Å². The molecule has 0 unspecified atom stereocenters. The minimum atomic E-state index is 1.24. The minimum Gasteiger partial charge on any atom is -0.361 e. The van der Waals surface area contributed by atoms with E-state index in [1.807, 2.05) is 0 Å². The number of nitrogens with one attached hydrogen (secondary N) is 1. The second-order valence-corrected chi connectivity index (χ2v) is 4.65. The van der Waals surface area contributed by atoms with Crippen LogP contribution in [-0.4, -0.2) is 4.98 Å². The molecular weight excluding hydrogens is 194 g/mol. The van der Waals surface area contributed by atoms with Gasteiger partial charge in [0, 0.05) is 17.1 Å². The average Bonchev–Trinajstić information content (AvgIpc) is 2.74. The summed E-state index contributed by atoms with van der Waals surface area (Å²) in [7, 11) is 0. The molecule has 16 heavy (non-hydrogen) atoms. The van der Waals surface area contributed by atoms with Crippen molar-refractivity contribution in [2.75, 3.05) is 0 Å². The zero-order valence-electron chi connectivity index (χ0n) is 9.50. The normalized spacial score (nSPS) is 16.6. The number of aromatic nitrogens is 1. The number of allylic oxidation sites excluding steroid dienone is 1. The number of hydrogen-bond acceptors (Lipinski definition) is 0. The maximum Gasteiger partial charge on any atom is 0.0460 e. The summed E-state index contributed by atoms with van der Waals surface area (Å²) in [4.78, 5) is 3.33. The summed E-state index contributed by atoms with van der Waals surface area (Å²) in [6, 6.07) is 8.52. The van der Waals surface area contributed by atoms with Crippen LogP contribution in [0.3, 0.4) is 0 Å². The zero-order valence-corrected chi connectivity index (χ0v) is 9.50. The van der Waals surface area contributed by atoms with Crippen LogP contribution < -0.4 is 0 Å². The lowest BCUT2D eigenvalue weighted by atomic mass is 9.93. The van der Waals surface area contributed by atoms with Gasteiger partial charge in [-0.15, -0.1) is 0 Å². The molecule has 3 rings (SSSR count). The van der Waals surface area contributed by atoms with Gasteiger partial charge in [-0.3, -0.25) is 0 Å². The van der Waals surface area contributed by atoms with Gasteiger partial charge >= 0.3 is 0 Å². The largest absolute Gasteiger partial charge is 0.361 e. The molecule has 0 radical (unpaired) electrons. The molecule has 0 saturated heterocycles. The van der Waals surface area contributed by atoms with Crippen molar-refractivity contribution in [3.05, 3.63) is 41.6 Å². The van der Waals surface area contributed by atoms with Gasteiger partial charge in [0.05, 0.1) is 0 Å². The van der Waals surface area contributed by atoms with E-state index in [2.05, 4.69) is 41.5 Å². The standard InChI is InChI=1S/C15H17N/c1-2-6-12(7-3-1)10-13-11-16-15-9-5-4-8-14(13)15/h4-5,8-11,16H,1-3,6-7H2. The molecule has 82 valence electrons. The molecular formula is C15H17N. The minimum absolute atomic E-state index is 1.24. The van der Waals surface area contributed by atoms with Gasteiger partial charge in [0.1, 0.15) is 0 Å². The molecule has 1 fully saturated rings. The van der Waals surface area contributed by atoms with Crippen molar-refractivity contribution in [1.29, 1.82) is 0 Å². The molecule has 1 heterocycles. The highest BCUT2D eigenvalue weighted by atomic mass is 14.7. The van der Waals surface area contributed by atoms with E-state index in [4.69, 9.17) is 0 Å². The Morgan fingerprint density at radius 3 is 2.69 bits per heavy atom. The molecule has 1 aromatic heterocycles. The van der Waals surface area contributed by atoms with Crippen LogP contribution in [0, 0.1) is 0 Å². The summed E-state index contributed by atoms with van der Waals surface area (Å²) in [5.41, 5.74) is 4.22. The number of benzene rings is 1. The summed E-state index contributed by atoms with van der Waals surface area (Å²) in [6.45, 7) is 0. The second-order valence-electron chi connectivity index (χ2n) is 4.65. The first-order valence-electron chi connectivity index (χ1n) is 6.19. The van der Waals surface area contributed by atoms with E-state index in [1.54, 1.807) is 5.57 Å². The third-order valence-electron chi connectivity index (χ3n) is 3.48. The number of H-pyrrole nitrogens is 1. The molecule has 1 heteroatoms. The highest BCUT2D eigenvalue weighted by molar-refractivity contribution is 5.89. The first kappa shape index (κ1) is 9.71. The SMILES string of the molecule is C(=C1CCCCC1)c1c[nH]c2ccccc12. The average molecular weight is 211 g/mol. The van der Waals surface area contributed by atoms with Crippen LogP contribution in [0.2, 0.25) is 0 Å². The Morgan fingerprint density at radius 2 is 1.81 bits per heavy atom. The van der Waals surface area contributed by atoms with Crippen molar-refractivity contribution < 1.29 is 0 Å². The number of fused-ring (bicyclic) bond motifs is 1. The lowest BCUT2D eigenvalue weighted by Gasteiger charge is -2.12. The topological polar surface area (TPSA) is 15.8 Å². The molecule has 0 bridgehead atoms. The molecule has 1 N–H and O–H groups in total. The maximum absolute atomic E-state index is 3.33. The summed E-state index contributed by atoms with van der Waals surface area (Å²) in [5.74, 6) is 0. The molecule has 1 aliphatic rings. The van der Waals surface area contributed by atoms with Crippen LogP contribution >= 0.6 is 0 Å². The molecule has 0 spiro atoms. The van der Waals surface area contributed by atoms with E-state index in [0.717, 1.165) is 0 Å². The molecule has 2 aromatic rings. The van der Waals surface area contributed by atoms with Crippen molar-refractivity contribution in [3.63, 3.8) is 0 Å². The first-order chi connectivity index (χ1) is 7.93. The van der Waals surface area contributed by atoms with E-state index < -0.39 is 0 Å². The van der Waals surface area contributed by atoms with Crippen molar-refractivity contribution in [2.24, 2.45) is 0 Å². The smallest absolute Gasteiger partial charge is 0.0460 e. The van der Waals surface area contributed by atoms with E-state index in [9.17, 15) is 0 Å². The van der Waals surface area contributed by atoms with Gasteiger partial charge in [-0.25, -0.2) is 0 Å². The van der Waals surface area contributed by atoms with Crippen LogP contribution in [0.5, 0.6) is 0 Å². The summed E-state index contributed by atoms with van der Waals surface area (Å²) in [6.07, 6.45) is 11.2. The van der Waals surface area contributed by atoms with Crippen LogP contribution in [0.1, 0.15) is 37.7 Å². The molecule has 1 aromatic carbocycles. The lowest BCUT2D eigenvalue weighted by molar-refractivity contribution is 0.602. The Morgan fingerprint density at radius 1 is 1.00 bits per heavy atom. The van der Waals surface area contributed by atoms with E-state index in [1.165, 1.54) is 48.6 Å². The summed E-state index contributed by atoms with van der Waals surface area (Å²) >= 11 is 0. The van der Waals surface area contributed by atoms with Crippen molar-refractivity contribution in [1.82, 2.24) is 4.98 Å². The fourth-order valence-electron chi connectivity index (χ4n) is 2.58. The quantitative estimate of drug-likeness (QED) is 0.714. The Bertz CT molecular complexity index is 511. The Balaban J connectivity index is 1.99. The van der Waals surface area contributed by atoms with Gasteiger partial charge in [0.2, 0.25) is 0 Å². The molecule has 0 amide bonds. The number of aromatic amines is 1. The Hall–Kier alpha value is -1.50. The van der Waals surface area contributed by atoms with Crippen molar-refractivity contribution in [2.45, 2.75) is 32.1 Å². The molecule has 0 atom stereocenters. The van der Waals surface area contributed by atoms with Crippen LogP contribution in [0.15, 0.2) is 36.0 Å². The monoisotopic (exact) mass is 211 g/mol. The molecule has 1 aliphatic carbocycles. The van der Waals surface area contributed by atoms with Gasteiger partial charge in [0.15, 0.2) is 0 Å². The van der Waals surface area contributed by atoms with Crippen LogP contribution in [0.4, 0.5) is 0 Å². The fraction of sp³-hybridized carbons (Fsp3) is 0.333. The molecule has 1 nitrogen and oxygen atoms in total. The van der Waals surface area contributed by atoms with Gasteiger partial charge in [-0.2, -0.15) is 0 Å². The third kappa shape index (κ3) is 1.78. The first-order valence-corrected chi connectivity index (χ1v) is 6.19. The van der Waals surface area contributed by atoms with Gasteiger partial charge in [-0.05, 0) is 37.3 Å². The zero-order chi connectivity index (χ0) is 10.8. The summed E-state index contributed by atoms with van der Waals surface area (Å²) < 4.78 is 0. The van der Waals surface area contributed by atoms with Crippen molar-refractivity contribution >= 4 is 17.0 Å². The van der Waals surface area contributed by atoms with E-state index >= 15 is 0 Å². The number of rotatable bonds is 1. The highest BCUT2D eigenvalue weighted by Gasteiger charge is 2.06. The van der Waals surface area contributed by atoms with Gasteiger partial charge in [0.25, 0.3) is 0 Å². The number of hydrogen-bond donors (Lipinski definition) is 1. The lowest BCUT2D eigenvalue weighted by Crippen LogP contribution is -1.92. The van der Waals surface area contributed by atoms with E-state index in [0.29, 0.717) is 0 Å². The predicted molar refractivity (Wildman–Crippen MR) is 69.4 cm³/mol.